The molecule has 0 radical (unpaired) electrons. The molecular formula is C10H13FO3. The summed E-state index contributed by atoms with van der Waals surface area (Å²) in [5, 5.41) is 9.18. The third-order valence-electron chi connectivity index (χ3n) is 1.77. The van der Waals surface area contributed by atoms with E-state index in [1.165, 1.54) is 19.2 Å². The molecule has 4 heteroatoms. The van der Waals surface area contributed by atoms with Crippen molar-refractivity contribution in [2.45, 2.75) is 13.0 Å². The minimum absolute atomic E-state index is 0.00491. The largest absolute Gasteiger partial charge is 0.464 e. The maximum Gasteiger partial charge on any atom is 0.188 e. The Morgan fingerprint density at radius 3 is 2.71 bits per heavy atom. The molecule has 1 N–H and O–H groups in total. The predicted octanol–water partition coefficient (Wildman–Crippen LogP) is 1.86. The first-order chi connectivity index (χ1) is 6.65. The molecule has 0 spiro atoms. The maximum atomic E-state index is 13.2. The maximum absolute atomic E-state index is 13.2. The zero-order valence-corrected chi connectivity index (χ0v) is 8.16. The SMILES string of the molecule is COCOc1ccc([C@@H](C)O)cc1F. The normalized spacial score (nSPS) is 12.6. The molecule has 0 aliphatic heterocycles. The summed E-state index contributed by atoms with van der Waals surface area (Å²) in [6.07, 6.45) is -0.680. The summed E-state index contributed by atoms with van der Waals surface area (Å²) in [5.74, 6) is -0.378. The highest BCUT2D eigenvalue weighted by molar-refractivity contribution is 5.30. The molecule has 0 aromatic heterocycles. The number of benzene rings is 1. The molecule has 0 saturated carbocycles. The van der Waals surface area contributed by atoms with Crippen molar-refractivity contribution in [3.63, 3.8) is 0 Å². The Morgan fingerprint density at radius 2 is 2.21 bits per heavy atom. The molecule has 0 bridgehead atoms. The van der Waals surface area contributed by atoms with Crippen LogP contribution in [0.5, 0.6) is 5.75 Å². The molecular weight excluding hydrogens is 187 g/mol. The van der Waals surface area contributed by atoms with Gasteiger partial charge in [-0.1, -0.05) is 6.07 Å². The minimum Gasteiger partial charge on any atom is -0.464 e. The molecule has 0 heterocycles. The van der Waals surface area contributed by atoms with Crippen molar-refractivity contribution in [2.24, 2.45) is 0 Å². The standard InChI is InChI=1S/C10H13FO3/c1-7(12)8-3-4-10(9(11)5-8)14-6-13-2/h3-5,7,12H,6H2,1-2H3/t7-/m1/s1. The number of hydrogen-bond acceptors (Lipinski definition) is 3. The second kappa shape index (κ2) is 4.93. The van der Waals surface area contributed by atoms with Gasteiger partial charge in [0.25, 0.3) is 0 Å². The lowest BCUT2D eigenvalue weighted by molar-refractivity contribution is 0.0482. The van der Waals surface area contributed by atoms with E-state index in [1.807, 2.05) is 0 Å². The highest BCUT2D eigenvalue weighted by atomic mass is 19.1. The second-order valence-corrected chi connectivity index (χ2v) is 2.92. The van der Waals surface area contributed by atoms with E-state index >= 15 is 0 Å². The van der Waals surface area contributed by atoms with Crippen molar-refractivity contribution >= 4 is 0 Å². The highest BCUT2D eigenvalue weighted by Crippen LogP contribution is 2.21. The van der Waals surface area contributed by atoms with Gasteiger partial charge in [-0.15, -0.1) is 0 Å². The molecule has 0 unspecified atom stereocenters. The second-order valence-electron chi connectivity index (χ2n) is 2.92. The highest BCUT2D eigenvalue weighted by Gasteiger charge is 2.07. The van der Waals surface area contributed by atoms with Crippen LogP contribution in [0.15, 0.2) is 18.2 Å². The van der Waals surface area contributed by atoms with E-state index in [4.69, 9.17) is 4.74 Å². The van der Waals surface area contributed by atoms with Gasteiger partial charge in [-0.25, -0.2) is 4.39 Å². The number of ether oxygens (including phenoxy) is 2. The fourth-order valence-corrected chi connectivity index (χ4v) is 1.02. The monoisotopic (exact) mass is 200 g/mol. The van der Waals surface area contributed by atoms with Crippen LogP contribution < -0.4 is 4.74 Å². The molecule has 0 aliphatic rings. The number of hydrogen-bond donors (Lipinski definition) is 1. The Kier molecular flexibility index (Phi) is 3.85. The van der Waals surface area contributed by atoms with Crippen LogP contribution in [0.3, 0.4) is 0 Å². The lowest BCUT2D eigenvalue weighted by Gasteiger charge is -2.08. The van der Waals surface area contributed by atoms with Gasteiger partial charge in [-0.2, -0.15) is 0 Å². The van der Waals surface area contributed by atoms with Crippen LogP contribution in [-0.4, -0.2) is 19.0 Å². The van der Waals surface area contributed by atoms with E-state index in [-0.39, 0.29) is 12.5 Å². The molecule has 78 valence electrons. The van der Waals surface area contributed by atoms with Crippen molar-refractivity contribution in [3.05, 3.63) is 29.6 Å². The summed E-state index contributed by atoms with van der Waals surface area (Å²) in [5.41, 5.74) is 0.521. The topological polar surface area (TPSA) is 38.7 Å². The summed E-state index contributed by atoms with van der Waals surface area (Å²) in [6, 6.07) is 4.32. The van der Waals surface area contributed by atoms with E-state index in [0.717, 1.165) is 0 Å². The van der Waals surface area contributed by atoms with Crippen LogP contribution in [0.1, 0.15) is 18.6 Å². The Balaban J connectivity index is 2.79. The average Bonchev–Trinajstić information content (AvgIpc) is 2.15. The number of aliphatic hydroxyl groups is 1. The average molecular weight is 200 g/mol. The third kappa shape index (κ3) is 2.68. The van der Waals surface area contributed by atoms with Gasteiger partial charge in [0.15, 0.2) is 18.4 Å². The van der Waals surface area contributed by atoms with Crippen LogP contribution >= 0.6 is 0 Å². The van der Waals surface area contributed by atoms with Crippen LogP contribution in [0, 0.1) is 5.82 Å². The molecule has 0 saturated heterocycles. The first-order valence-electron chi connectivity index (χ1n) is 4.24. The van der Waals surface area contributed by atoms with Crippen LogP contribution in [0.2, 0.25) is 0 Å². The summed E-state index contributed by atoms with van der Waals surface area (Å²) in [7, 11) is 1.46. The van der Waals surface area contributed by atoms with Gasteiger partial charge < -0.3 is 14.6 Å². The molecule has 14 heavy (non-hydrogen) atoms. The number of aliphatic hydroxyl groups excluding tert-OH is 1. The summed E-state index contributed by atoms with van der Waals surface area (Å²) in [4.78, 5) is 0. The first-order valence-corrected chi connectivity index (χ1v) is 4.24. The van der Waals surface area contributed by atoms with E-state index < -0.39 is 11.9 Å². The van der Waals surface area contributed by atoms with Crippen molar-refractivity contribution in [1.29, 1.82) is 0 Å². The quantitative estimate of drug-likeness (QED) is 0.754. The lowest BCUT2D eigenvalue weighted by Crippen LogP contribution is -2.01. The Morgan fingerprint density at radius 1 is 1.50 bits per heavy atom. The fourth-order valence-electron chi connectivity index (χ4n) is 1.02. The minimum atomic E-state index is -0.680. The molecule has 3 nitrogen and oxygen atoms in total. The molecule has 1 rings (SSSR count). The number of rotatable bonds is 4. The molecule has 0 amide bonds. The van der Waals surface area contributed by atoms with Gasteiger partial charge in [0, 0.05) is 7.11 Å². The van der Waals surface area contributed by atoms with E-state index in [2.05, 4.69) is 4.74 Å². The number of halogens is 1. The van der Waals surface area contributed by atoms with Gasteiger partial charge >= 0.3 is 0 Å². The van der Waals surface area contributed by atoms with E-state index in [0.29, 0.717) is 5.56 Å². The van der Waals surface area contributed by atoms with Gasteiger partial charge in [0.05, 0.1) is 6.10 Å². The Hall–Kier alpha value is -1.13. The molecule has 0 fully saturated rings. The molecule has 1 aromatic rings. The summed E-state index contributed by atoms with van der Waals surface area (Å²) in [6.45, 7) is 1.58. The zero-order chi connectivity index (χ0) is 10.6. The van der Waals surface area contributed by atoms with Crippen molar-refractivity contribution in [3.8, 4) is 5.75 Å². The van der Waals surface area contributed by atoms with Crippen LogP contribution in [0.25, 0.3) is 0 Å². The van der Waals surface area contributed by atoms with Gasteiger partial charge in [-0.05, 0) is 24.6 Å². The van der Waals surface area contributed by atoms with Crippen LogP contribution in [-0.2, 0) is 4.74 Å². The fraction of sp³-hybridized carbons (Fsp3) is 0.400. The Bertz CT molecular complexity index is 299. The molecule has 1 aromatic carbocycles. The van der Waals surface area contributed by atoms with Gasteiger partial charge in [0.2, 0.25) is 0 Å². The zero-order valence-electron chi connectivity index (χ0n) is 8.16. The summed E-state index contributed by atoms with van der Waals surface area (Å²) >= 11 is 0. The summed E-state index contributed by atoms with van der Waals surface area (Å²) < 4.78 is 22.8. The first kappa shape index (κ1) is 10.9. The predicted molar refractivity (Wildman–Crippen MR) is 49.5 cm³/mol. The van der Waals surface area contributed by atoms with Crippen molar-refractivity contribution in [1.82, 2.24) is 0 Å². The van der Waals surface area contributed by atoms with E-state index in [1.54, 1.807) is 13.0 Å². The van der Waals surface area contributed by atoms with Crippen LogP contribution in [0.4, 0.5) is 4.39 Å². The van der Waals surface area contributed by atoms with Crippen molar-refractivity contribution in [2.75, 3.05) is 13.9 Å². The third-order valence-corrected chi connectivity index (χ3v) is 1.77. The smallest absolute Gasteiger partial charge is 0.188 e. The number of methoxy groups -OCH3 is 1. The Labute approximate surface area is 82.1 Å². The molecule has 0 aliphatic carbocycles. The lowest BCUT2D eigenvalue weighted by atomic mass is 10.1. The van der Waals surface area contributed by atoms with Crippen molar-refractivity contribution < 1.29 is 19.0 Å². The van der Waals surface area contributed by atoms with Gasteiger partial charge in [0.1, 0.15) is 0 Å². The molecule has 1 atom stereocenters. The van der Waals surface area contributed by atoms with Gasteiger partial charge in [-0.3, -0.25) is 0 Å². The van der Waals surface area contributed by atoms with E-state index in [9.17, 15) is 9.50 Å².